The molecule has 12 aromatic rings. The second-order valence-corrected chi connectivity index (χ2v) is 15.3. The van der Waals surface area contributed by atoms with Crippen molar-refractivity contribution in [1.29, 1.82) is 0 Å². The summed E-state index contributed by atoms with van der Waals surface area (Å²) in [5.41, 5.74) is 0.791. The van der Waals surface area contributed by atoms with E-state index in [0.717, 1.165) is 69.5 Å². The van der Waals surface area contributed by atoms with Crippen LogP contribution in [-0.2, 0) is 54.6 Å². The van der Waals surface area contributed by atoms with Crippen molar-refractivity contribution in [3.8, 4) is 46.5 Å². The van der Waals surface area contributed by atoms with Crippen LogP contribution in [0.3, 0.4) is 0 Å². The van der Waals surface area contributed by atoms with Crippen LogP contribution in [0.2, 0.25) is 5.65 Å². The lowest BCUT2D eigenvalue weighted by Gasteiger charge is -2.01. The molecule has 42 heteroatoms. The number of tetrazole rings is 4. The number of hydrogen-bond acceptors (Lipinski definition) is 30. The Kier molecular flexibility index (Phi) is 13.7. The SMILES string of the molecule is [3H]n1ccc(OCc2nocc2-n2nnn(C)c2=O)n1.[3H]n1ccc(OCc2nonc2-n2nnn(C)c2=O)n1.[3H]n1ccc(OCc2nscc2-n2nnn(C)c2=O)n1.[3H]n1ccc(OCc2nsnc2-n2nnn(C)c2=O)n1. The first-order valence-corrected chi connectivity index (χ1v) is 22.3. The van der Waals surface area contributed by atoms with E-state index in [-0.39, 0.29) is 67.1 Å². The van der Waals surface area contributed by atoms with Crippen LogP contribution in [0.25, 0.3) is 23.0 Å². The lowest BCUT2D eigenvalue weighted by molar-refractivity contribution is 0.263. The Morgan fingerprint density at radius 1 is 0.487 bits per heavy atom. The molecule has 0 bridgehead atoms. The van der Waals surface area contributed by atoms with Crippen molar-refractivity contribution in [2.75, 3.05) is 0 Å². The van der Waals surface area contributed by atoms with Gasteiger partial charge in [-0.2, -0.15) is 41.2 Å². The average Bonchev–Trinajstić information content (AvgIpc) is 4.27. The van der Waals surface area contributed by atoms with Gasteiger partial charge in [-0.1, -0.05) is 5.16 Å². The lowest BCUT2D eigenvalue weighted by atomic mass is 10.4. The van der Waals surface area contributed by atoms with Gasteiger partial charge in [0.15, 0.2) is 11.3 Å². The highest BCUT2D eigenvalue weighted by molar-refractivity contribution is 7.04. The number of nitrogens with one attached hydrogen (secondary N) is 4. The van der Waals surface area contributed by atoms with Gasteiger partial charge in [0, 0.05) is 82.6 Å². The lowest BCUT2D eigenvalue weighted by Crippen LogP contribution is -2.23. The highest BCUT2D eigenvalue weighted by Crippen LogP contribution is 2.17. The fourth-order valence-corrected chi connectivity index (χ4v) is 6.74. The second-order valence-electron chi connectivity index (χ2n) is 14.2. The van der Waals surface area contributed by atoms with E-state index < -0.39 is 17.1 Å². The molecule has 12 rings (SSSR count). The van der Waals surface area contributed by atoms with Gasteiger partial charge in [-0.05, 0) is 63.6 Å². The third-order valence-electron chi connectivity index (χ3n) is 9.25. The molecule has 0 aliphatic rings. The van der Waals surface area contributed by atoms with Crippen LogP contribution in [-0.4, -0.2) is 149 Å². The van der Waals surface area contributed by atoms with Crippen LogP contribution in [0.4, 0.5) is 0 Å². The van der Waals surface area contributed by atoms with Crippen molar-refractivity contribution in [3.63, 3.8) is 0 Å². The summed E-state index contributed by atoms with van der Waals surface area (Å²) in [5.74, 6) is 1.46. The third kappa shape index (κ3) is 11.5. The Hall–Kier alpha value is -10.9. The monoisotopic (exact) mass is 1090 g/mol. The van der Waals surface area contributed by atoms with Crippen molar-refractivity contribution in [2.45, 2.75) is 26.4 Å². The molecule has 76 heavy (non-hydrogen) atoms. The largest absolute Gasteiger partial charge is 0.470 e. The molecular weight excluding hydrogens is 1050 g/mol. The fourth-order valence-electron chi connectivity index (χ4n) is 5.54. The van der Waals surface area contributed by atoms with Crippen LogP contribution in [0.1, 0.15) is 22.8 Å². The van der Waals surface area contributed by atoms with E-state index in [1.807, 2.05) is 0 Å². The molecule has 0 fully saturated rings. The Morgan fingerprint density at radius 2 is 0.921 bits per heavy atom. The number of ether oxygens (including phenoxy) is 4. The van der Waals surface area contributed by atoms with Gasteiger partial charge in [0.2, 0.25) is 35.2 Å². The molecule has 12 aromatic heterocycles. The quantitative estimate of drug-likeness (QED) is 0.0738. The third-order valence-corrected chi connectivity index (χ3v) is 10.5. The fraction of sp³-hybridized carbons (Fsp3) is 0.235. The van der Waals surface area contributed by atoms with Gasteiger partial charge < -0.3 is 23.5 Å². The van der Waals surface area contributed by atoms with Crippen LogP contribution in [0, 0.1) is 0 Å². The topological polar surface area (TPSA) is 466 Å². The molecule has 0 unspecified atom stereocenters. The molecular formula is C34H34N30O10S2. The molecule has 0 saturated carbocycles. The van der Waals surface area contributed by atoms with Crippen molar-refractivity contribution < 1.29 is 33.7 Å². The summed E-state index contributed by atoms with van der Waals surface area (Å²) < 4.78 is 80.4. The Morgan fingerprint density at radius 3 is 1.38 bits per heavy atom. The van der Waals surface area contributed by atoms with Crippen LogP contribution >= 0.6 is 23.3 Å². The van der Waals surface area contributed by atoms with Crippen molar-refractivity contribution in [1.82, 2.24) is 149 Å². The molecule has 0 amide bonds. The first kappa shape index (κ1) is 45.0. The zero-order valence-electron chi connectivity index (χ0n) is 42.9. The molecule has 0 atom stereocenters. The summed E-state index contributed by atoms with van der Waals surface area (Å²) in [5, 5.41) is 60.3. The smallest absolute Gasteiger partial charge is 0.369 e. The predicted molar refractivity (Wildman–Crippen MR) is 245 cm³/mol. The summed E-state index contributed by atoms with van der Waals surface area (Å²) in [6.45, 7) is 0.162. The predicted octanol–water partition coefficient (Wildman–Crippen LogP) is -3.25. The maximum Gasteiger partial charge on any atom is 0.369 e. The number of aromatic nitrogens is 30. The number of rotatable bonds is 16. The summed E-state index contributed by atoms with van der Waals surface area (Å²) in [6.07, 6.45) is 6.99. The van der Waals surface area contributed by atoms with Gasteiger partial charge in [0.1, 0.15) is 61.1 Å². The number of aromatic amines is 4. The summed E-state index contributed by atoms with van der Waals surface area (Å²) in [4.78, 5) is 47.0. The van der Waals surface area contributed by atoms with Crippen LogP contribution < -0.4 is 41.7 Å². The molecule has 0 radical (unpaired) electrons. The minimum Gasteiger partial charge on any atom is -0.470 e. The zero-order chi connectivity index (χ0) is 56.5. The molecule has 0 spiro atoms. The Bertz CT molecular complexity index is 3680. The van der Waals surface area contributed by atoms with Crippen molar-refractivity contribution in [2.24, 2.45) is 28.2 Å². The number of H-pyrrole nitrogens is 4. The second kappa shape index (κ2) is 23.1. The van der Waals surface area contributed by atoms with Crippen molar-refractivity contribution >= 4 is 23.3 Å². The first-order chi connectivity index (χ1) is 38.6. The van der Waals surface area contributed by atoms with E-state index in [2.05, 4.69) is 95.3 Å². The van der Waals surface area contributed by atoms with Gasteiger partial charge in [0.05, 0.1) is 11.7 Å². The highest BCUT2D eigenvalue weighted by Gasteiger charge is 2.20. The Labute approximate surface area is 431 Å². The standard InChI is InChI=1S/C9H9N7O3.C9H9N7O2S.C8H8N8O3.C8H8N8O2S/c2*1-15-9(17)16(14-13-15)7-5-19-12-6(7)4-18-8-2-3-10-11-8;2*1-15-8(17)16(14-13-15)7-5(11-19-12-7)4-18-6-2-3-9-10-6/h2*2-3,5H,4H2,1H3,(H,10,11);2*2-3H,4H2,1H3,(H,9,10)/i/hT4. The summed E-state index contributed by atoms with van der Waals surface area (Å²) in [7, 11) is 5.94. The Balaban J connectivity index is 0.000000129. The van der Waals surface area contributed by atoms with Crippen LogP contribution in [0.15, 0.2) is 89.0 Å². The van der Waals surface area contributed by atoms with Gasteiger partial charge >= 0.3 is 22.8 Å². The maximum atomic E-state index is 11.8. The molecule has 0 aliphatic heterocycles. The highest BCUT2D eigenvalue weighted by atomic mass is 32.1. The van der Waals surface area contributed by atoms with E-state index >= 15 is 0 Å². The van der Waals surface area contributed by atoms with Crippen LogP contribution in [0.5, 0.6) is 23.5 Å². The summed E-state index contributed by atoms with van der Waals surface area (Å²) >= 11 is 2.13. The molecule has 4 N–H and O–H groups in total. The molecule has 392 valence electrons. The minimum atomic E-state index is -0.489. The minimum absolute atomic E-state index is 0.0197. The maximum absolute atomic E-state index is 11.8. The molecule has 0 saturated heterocycles. The molecule has 0 aliphatic carbocycles. The summed E-state index contributed by atoms with van der Waals surface area (Å²) in [6, 6.07) is 6.14. The first-order valence-electron chi connectivity index (χ1n) is 22.6. The molecule has 12 heterocycles. The number of hydrogen-bond donors (Lipinski definition) is 4. The van der Waals surface area contributed by atoms with Gasteiger partial charge in [-0.15, -0.1) is 29.8 Å². The van der Waals surface area contributed by atoms with Crippen molar-refractivity contribution in [3.05, 3.63) is 125 Å². The van der Waals surface area contributed by atoms with E-state index in [1.165, 1.54) is 82.9 Å². The van der Waals surface area contributed by atoms with E-state index in [9.17, 15) is 19.2 Å². The van der Waals surface area contributed by atoms with Gasteiger partial charge in [-0.25, -0.2) is 23.8 Å². The normalized spacial score (nSPS) is 11.5. The number of nitrogens with zero attached hydrogens (tertiary/aromatic N) is 26. The van der Waals surface area contributed by atoms with Gasteiger partial charge in [0.25, 0.3) is 0 Å². The van der Waals surface area contributed by atoms with E-state index in [1.54, 1.807) is 17.5 Å². The number of aryl methyl sites for hydroxylation is 4. The molecule has 0 aromatic carbocycles. The van der Waals surface area contributed by atoms with E-state index in [0.29, 0.717) is 34.3 Å². The van der Waals surface area contributed by atoms with E-state index in [4.69, 9.17) is 29.1 Å². The zero-order valence-corrected chi connectivity index (χ0v) is 40.6. The van der Waals surface area contributed by atoms with Gasteiger partial charge in [-0.3, -0.25) is 20.4 Å². The average molecular weight is 1100 g/mol. The molecule has 40 nitrogen and oxygen atoms in total.